The Bertz CT molecular complexity index is 89.1. The fourth-order valence-corrected chi connectivity index (χ4v) is 1.20. The maximum atomic E-state index is 5.27. The van der Waals surface area contributed by atoms with Crippen molar-refractivity contribution in [3.8, 4) is 0 Å². The van der Waals surface area contributed by atoms with Gasteiger partial charge in [-0.3, -0.25) is 0 Å². The summed E-state index contributed by atoms with van der Waals surface area (Å²) in [6.45, 7) is 3.77. The number of hydrogen-bond donors (Lipinski definition) is 2. The van der Waals surface area contributed by atoms with E-state index in [1.165, 1.54) is 0 Å². The van der Waals surface area contributed by atoms with Gasteiger partial charge < -0.3 is 10.1 Å². The van der Waals surface area contributed by atoms with Crippen LogP contribution in [0.4, 0.5) is 0 Å². The fourth-order valence-electron chi connectivity index (χ4n) is 0.991. The Morgan fingerprint density at radius 3 is 2.89 bits per heavy atom. The normalized spacial score (nSPS) is 36.7. The topological polar surface area (TPSA) is 21.3 Å². The van der Waals surface area contributed by atoms with Gasteiger partial charge in [0, 0.05) is 17.8 Å². The van der Waals surface area contributed by atoms with Crippen molar-refractivity contribution in [1.29, 1.82) is 0 Å². The van der Waals surface area contributed by atoms with Crippen LogP contribution < -0.4 is 5.32 Å². The molecule has 0 saturated carbocycles. The van der Waals surface area contributed by atoms with Gasteiger partial charge in [-0.15, -0.1) is 0 Å². The number of hydrogen-bond acceptors (Lipinski definition) is 3. The highest BCUT2D eigenvalue weighted by Crippen LogP contribution is 1.99. The molecule has 0 radical (unpaired) electrons. The van der Waals surface area contributed by atoms with E-state index < -0.39 is 0 Å². The van der Waals surface area contributed by atoms with Crippen molar-refractivity contribution >= 4 is 12.6 Å². The maximum Gasteiger partial charge on any atom is 0.0628 e. The van der Waals surface area contributed by atoms with Crippen LogP contribution in [0.15, 0.2) is 0 Å². The quantitative estimate of drug-likeness (QED) is 0.520. The molecule has 1 fully saturated rings. The van der Waals surface area contributed by atoms with E-state index >= 15 is 0 Å². The molecule has 1 N–H and O–H groups in total. The number of nitrogens with one attached hydrogen (secondary N) is 1. The van der Waals surface area contributed by atoms with Gasteiger partial charge in [-0.2, -0.15) is 12.6 Å². The molecule has 0 bridgehead atoms. The summed E-state index contributed by atoms with van der Waals surface area (Å²) in [6, 6.07) is 0.952. The van der Waals surface area contributed by atoms with Crippen LogP contribution in [-0.4, -0.2) is 31.1 Å². The third-order valence-electron chi connectivity index (χ3n) is 1.43. The van der Waals surface area contributed by atoms with Gasteiger partial charge in [0.15, 0.2) is 0 Å². The zero-order valence-corrected chi connectivity index (χ0v) is 6.53. The molecule has 0 amide bonds. The van der Waals surface area contributed by atoms with Crippen molar-refractivity contribution in [1.82, 2.24) is 5.32 Å². The summed E-state index contributed by atoms with van der Waals surface area (Å²) in [6.07, 6.45) is 0. The molecule has 3 heteroatoms. The van der Waals surface area contributed by atoms with Crippen LogP contribution in [0.1, 0.15) is 6.92 Å². The number of rotatable bonds is 1. The molecule has 1 rings (SSSR count). The van der Waals surface area contributed by atoms with Gasteiger partial charge in [0.05, 0.1) is 13.2 Å². The van der Waals surface area contributed by atoms with E-state index in [1.807, 2.05) is 0 Å². The maximum absolute atomic E-state index is 5.27. The Balaban J connectivity index is 2.23. The summed E-state index contributed by atoms with van der Waals surface area (Å²) < 4.78 is 5.27. The molecular weight excluding hydrogens is 134 g/mol. The van der Waals surface area contributed by atoms with E-state index in [-0.39, 0.29) is 0 Å². The van der Waals surface area contributed by atoms with Crippen LogP contribution >= 0.6 is 12.6 Å². The Morgan fingerprint density at radius 2 is 2.44 bits per heavy atom. The summed E-state index contributed by atoms with van der Waals surface area (Å²) in [5.41, 5.74) is 0. The molecule has 0 aliphatic carbocycles. The first-order valence-electron chi connectivity index (χ1n) is 3.27. The van der Waals surface area contributed by atoms with Crippen LogP contribution in [0, 0.1) is 0 Å². The predicted octanol–water partition coefficient (Wildman–Crippen LogP) is 0.293. The molecule has 0 aromatic rings. The van der Waals surface area contributed by atoms with Gasteiger partial charge in [-0.05, 0) is 6.92 Å². The Hall–Kier alpha value is 0.270. The number of thiol groups is 1. The van der Waals surface area contributed by atoms with Gasteiger partial charge in [0.1, 0.15) is 0 Å². The van der Waals surface area contributed by atoms with Crippen LogP contribution in [0.25, 0.3) is 0 Å². The monoisotopic (exact) mass is 147 g/mol. The van der Waals surface area contributed by atoms with E-state index in [0.29, 0.717) is 12.1 Å². The molecule has 2 unspecified atom stereocenters. The zero-order chi connectivity index (χ0) is 6.69. The highest BCUT2D eigenvalue weighted by molar-refractivity contribution is 7.80. The minimum absolute atomic E-state index is 0.456. The number of morpholine rings is 1. The van der Waals surface area contributed by atoms with Crippen molar-refractivity contribution in [3.63, 3.8) is 0 Å². The van der Waals surface area contributed by atoms with Gasteiger partial charge in [-0.25, -0.2) is 0 Å². The minimum Gasteiger partial charge on any atom is -0.378 e. The van der Waals surface area contributed by atoms with Crippen molar-refractivity contribution < 1.29 is 4.74 Å². The molecular formula is C6H13NOS. The van der Waals surface area contributed by atoms with Crippen LogP contribution in [0.5, 0.6) is 0 Å². The smallest absolute Gasteiger partial charge is 0.0628 e. The molecule has 0 aromatic heterocycles. The first-order valence-corrected chi connectivity index (χ1v) is 3.91. The first-order chi connectivity index (χ1) is 4.33. The molecule has 9 heavy (non-hydrogen) atoms. The largest absolute Gasteiger partial charge is 0.378 e. The van der Waals surface area contributed by atoms with Crippen molar-refractivity contribution in [2.24, 2.45) is 0 Å². The minimum atomic E-state index is 0.456. The van der Waals surface area contributed by atoms with Crippen molar-refractivity contribution in [2.45, 2.75) is 19.0 Å². The average Bonchev–Trinajstić information content (AvgIpc) is 1.88. The second-order valence-corrected chi connectivity index (χ2v) is 2.85. The SMILES string of the molecule is CC1COCC(CS)N1. The van der Waals surface area contributed by atoms with Crippen LogP contribution in [-0.2, 0) is 4.74 Å². The first kappa shape index (κ1) is 7.38. The third-order valence-corrected chi connectivity index (χ3v) is 1.87. The van der Waals surface area contributed by atoms with Crippen LogP contribution in [0.2, 0.25) is 0 Å². The standard InChI is InChI=1S/C6H13NOS/c1-5-2-8-3-6(4-9)7-5/h5-7,9H,2-4H2,1H3. The predicted molar refractivity (Wildman–Crippen MR) is 41.1 cm³/mol. The highest BCUT2D eigenvalue weighted by Gasteiger charge is 2.15. The molecule has 1 heterocycles. The molecule has 0 spiro atoms. The molecule has 1 aliphatic rings. The molecule has 2 nitrogen and oxygen atoms in total. The summed E-state index contributed by atoms with van der Waals surface area (Å²) in [7, 11) is 0. The average molecular weight is 147 g/mol. The second-order valence-electron chi connectivity index (χ2n) is 2.48. The Morgan fingerprint density at radius 1 is 1.67 bits per heavy atom. The third kappa shape index (κ3) is 2.16. The summed E-state index contributed by atoms with van der Waals surface area (Å²) in [4.78, 5) is 0. The van der Waals surface area contributed by atoms with Gasteiger partial charge in [-0.1, -0.05) is 0 Å². The molecule has 54 valence electrons. The molecule has 2 atom stereocenters. The van der Waals surface area contributed by atoms with Gasteiger partial charge >= 0.3 is 0 Å². The van der Waals surface area contributed by atoms with Crippen molar-refractivity contribution in [3.05, 3.63) is 0 Å². The van der Waals surface area contributed by atoms with E-state index in [0.717, 1.165) is 19.0 Å². The van der Waals surface area contributed by atoms with E-state index in [4.69, 9.17) is 4.74 Å². The summed E-state index contributed by atoms with van der Waals surface area (Å²) >= 11 is 4.16. The Labute approximate surface area is 61.4 Å². The Kier molecular flexibility index (Phi) is 2.82. The van der Waals surface area contributed by atoms with E-state index in [9.17, 15) is 0 Å². The molecule has 0 aromatic carbocycles. The lowest BCUT2D eigenvalue weighted by molar-refractivity contribution is 0.0574. The fraction of sp³-hybridized carbons (Fsp3) is 1.00. The summed E-state index contributed by atoms with van der Waals surface area (Å²) in [5, 5.41) is 3.36. The molecule has 1 saturated heterocycles. The van der Waals surface area contributed by atoms with Crippen LogP contribution in [0.3, 0.4) is 0 Å². The van der Waals surface area contributed by atoms with Crippen molar-refractivity contribution in [2.75, 3.05) is 19.0 Å². The molecule has 1 aliphatic heterocycles. The van der Waals surface area contributed by atoms with E-state index in [2.05, 4.69) is 24.9 Å². The lowest BCUT2D eigenvalue weighted by atomic mass is 10.2. The van der Waals surface area contributed by atoms with E-state index in [1.54, 1.807) is 0 Å². The second kappa shape index (κ2) is 3.44. The lowest BCUT2D eigenvalue weighted by Gasteiger charge is -2.27. The zero-order valence-electron chi connectivity index (χ0n) is 5.63. The highest BCUT2D eigenvalue weighted by atomic mass is 32.1. The summed E-state index contributed by atoms with van der Waals surface area (Å²) in [5.74, 6) is 0.865. The number of ether oxygens (including phenoxy) is 1. The lowest BCUT2D eigenvalue weighted by Crippen LogP contribution is -2.48. The van der Waals surface area contributed by atoms with Gasteiger partial charge in [0.25, 0.3) is 0 Å². The van der Waals surface area contributed by atoms with Gasteiger partial charge in [0.2, 0.25) is 0 Å².